The van der Waals surface area contributed by atoms with E-state index in [4.69, 9.17) is 10.00 Å². The lowest BCUT2D eigenvalue weighted by Gasteiger charge is -2.11. The minimum Gasteiger partial charge on any atom is -0.495 e. The van der Waals surface area contributed by atoms with Crippen molar-refractivity contribution in [3.8, 4) is 11.8 Å². The quantitative estimate of drug-likeness (QED) is 0.925. The Morgan fingerprint density at radius 2 is 1.95 bits per heavy atom. The molecule has 100 valence electrons. The topological polar surface area (TPSA) is 62.1 Å². The zero-order chi connectivity index (χ0) is 14.4. The Hall–Kier alpha value is -2.80. The molecular formula is C16H14N2O2. The van der Waals surface area contributed by atoms with Gasteiger partial charge in [-0.05, 0) is 17.7 Å². The molecule has 4 heteroatoms. The maximum Gasteiger partial charge on any atom is 0.228 e. The highest BCUT2D eigenvalue weighted by Crippen LogP contribution is 2.27. The summed E-state index contributed by atoms with van der Waals surface area (Å²) in [6.07, 6.45) is 0.254. The first kappa shape index (κ1) is 13.6. The van der Waals surface area contributed by atoms with Gasteiger partial charge in [-0.3, -0.25) is 4.79 Å². The van der Waals surface area contributed by atoms with Crippen LogP contribution < -0.4 is 10.1 Å². The number of rotatable bonds is 4. The molecule has 2 aromatic rings. The van der Waals surface area contributed by atoms with Gasteiger partial charge in [0.05, 0.1) is 19.1 Å². The minimum absolute atomic E-state index is 0.183. The number of hydrogen-bond donors (Lipinski definition) is 1. The van der Waals surface area contributed by atoms with Crippen LogP contribution in [0.3, 0.4) is 0 Å². The molecule has 0 saturated carbocycles. The lowest BCUT2D eigenvalue weighted by Crippen LogP contribution is -2.16. The molecule has 20 heavy (non-hydrogen) atoms. The second-order valence-electron chi connectivity index (χ2n) is 4.21. The summed E-state index contributed by atoms with van der Waals surface area (Å²) in [6.45, 7) is 0. The number of para-hydroxylation sites is 1. The summed E-state index contributed by atoms with van der Waals surface area (Å²) in [6, 6.07) is 16.5. The van der Waals surface area contributed by atoms with Gasteiger partial charge in [-0.2, -0.15) is 5.26 Å². The number of nitriles is 1. The SMILES string of the molecule is COc1cccc(C#N)c1NC(=O)Cc1ccccc1. The van der Waals surface area contributed by atoms with Gasteiger partial charge in [0.2, 0.25) is 5.91 Å². The van der Waals surface area contributed by atoms with Crippen LogP contribution in [-0.4, -0.2) is 13.0 Å². The summed E-state index contributed by atoms with van der Waals surface area (Å²) >= 11 is 0. The fourth-order valence-corrected chi connectivity index (χ4v) is 1.89. The molecular weight excluding hydrogens is 252 g/mol. The molecule has 2 aromatic carbocycles. The number of nitrogens with one attached hydrogen (secondary N) is 1. The number of amides is 1. The largest absolute Gasteiger partial charge is 0.495 e. The fourth-order valence-electron chi connectivity index (χ4n) is 1.89. The average Bonchev–Trinajstić information content (AvgIpc) is 2.48. The van der Waals surface area contributed by atoms with E-state index in [1.807, 2.05) is 36.4 Å². The van der Waals surface area contributed by atoms with Gasteiger partial charge in [0.15, 0.2) is 0 Å². The van der Waals surface area contributed by atoms with Crippen molar-refractivity contribution in [2.75, 3.05) is 12.4 Å². The summed E-state index contributed by atoms with van der Waals surface area (Å²) in [5.74, 6) is 0.294. The standard InChI is InChI=1S/C16H14N2O2/c1-20-14-9-5-8-13(11-17)16(14)18-15(19)10-12-6-3-2-4-7-12/h2-9H,10H2,1H3,(H,18,19). The van der Waals surface area contributed by atoms with Crippen LogP contribution in [0.5, 0.6) is 5.75 Å². The third-order valence-corrected chi connectivity index (χ3v) is 2.84. The average molecular weight is 266 g/mol. The monoisotopic (exact) mass is 266 g/mol. The van der Waals surface area contributed by atoms with E-state index in [-0.39, 0.29) is 12.3 Å². The van der Waals surface area contributed by atoms with E-state index in [2.05, 4.69) is 5.32 Å². The Labute approximate surface area is 117 Å². The number of carbonyl (C=O) groups excluding carboxylic acids is 1. The molecule has 0 aliphatic heterocycles. The van der Waals surface area contributed by atoms with Crippen molar-refractivity contribution in [2.24, 2.45) is 0 Å². The van der Waals surface area contributed by atoms with Crippen molar-refractivity contribution in [1.29, 1.82) is 5.26 Å². The second-order valence-corrected chi connectivity index (χ2v) is 4.21. The van der Waals surface area contributed by atoms with Gasteiger partial charge >= 0.3 is 0 Å². The van der Waals surface area contributed by atoms with E-state index in [9.17, 15) is 4.79 Å². The smallest absolute Gasteiger partial charge is 0.228 e. The van der Waals surface area contributed by atoms with Gasteiger partial charge in [0.25, 0.3) is 0 Å². The predicted octanol–water partition coefficient (Wildman–Crippen LogP) is 2.75. The van der Waals surface area contributed by atoms with Crippen LogP contribution in [0, 0.1) is 11.3 Å². The van der Waals surface area contributed by atoms with Crippen LogP contribution in [0.2, 0.25) is 0 Å². The molecule has 1 N–H and O–H groups in total. The maximum atomic E-state index is 12.0. The van der Waals surface area contributed by atoms with Gasteiger partial charge in [0, 0.05) is 0 Å². The zero-order valence-electron chi connectivity index (χ0n) is 11.1. The highest BCUT2D eigenvalue weighted by Gasteiger charge is 2.12. The van der Waals surface area contributed by atoms with E-state index >= 15 is 0 Å². The first-order chi connectivity index (χ1) is 9.74. The van der Waals surface area contributed by atoms with Crippen LogP contribution in [0.15, 0.2) is 48.5 Å². The number of anilines is 1. The Kier molecular flexibility index (Phi) is 4.35. The van der Waals surface area contributed by atoms with Crippen molar-refractivity contribution in [3.05, 3.63) is 59.7 Å². The molecule has 1 amide bonds. The van der Waals surface area contributed by atoms with Crippen LogP contribution >= 0.6 is 0 Å². The molecule has 0 fully saturated rings. The van der Waals surface area contributed by atoms with E-state index in [1.54, 1.807) is 18.2 Å². The molecule has 0 atom stereocenters. The van der Waals surface area contributed by atoms with Crippen LogP contribution in [0.1, 0.15) is 11.1 Å². The van der Waals surface area contributed by atoms with Gasteiger partial charge < -0.3 is 10.1 Å². The molecule has 4 nitrogen and oxygen atoms in total. The fraction of sp³-hybridized carbons (Fsp3) is 0.125. The van der Waals surface area contributed by atoms with E-state index in [0.717, 1.165) is 5.56 Å². The van der Waals surface area contributed by atoms with Crippen molar-refractivity contribution in [1.82, 2.24) is 0 Å². The Balaban J connectivity index is 2.18. The highest BCUT2D eigenvalue weighted by molar-refractivity contribution is 5.95. The molecule has 0 radical (unpaired) electrons. The van der Waals surface area contributed by atoms with Crippen molar-refractivity contribution in [2.45, 2.75) is 6.42 Å². The van der Waals surface area contributed by atoms with E-state index in [1.165, 1.54) is 7.11 Å². The van der Waals surface area contributed by atoms with Gasteiger partial charge in [-0.25, -0.2) is 0 Å². The number of ether oxygens (including phenoxy) is 1. The van der Waals surface area contributed by atoms with E-state index in [0.29, 0.717) is 17.0 Å². The lowest BCUT2D eigenvalue weighted by molar-refractivity contribution is -0.115. The number of methoxy groups -OCH3 is 1. The molecule has 0 aromatic heterocycles. The normalized spacial score (nSPS) is 9.60. The predicted molar refractivity (Wildman–Crippen MR) is 76.5 cm³/mol. The summed E-state index contributed by atoms with van der Waals surface area (Å²) in [7, 11) is 1.50. The van der Waals surface area contributed by atoms with Crippen molar-refractivity contribution < 1.29 is 9.53 Å². The highest BCUT2D eigenvalue weighted by atomic mass is 16.5. The molecule has 0 saturated heterocycles. The van der Waals surface area contributed by atoms with Gasteiger partial charge in [-0.15, -0.1) is 0 Å². The van der Waals surface area contributed by atoms with Gasteiger partial charge in [-0.1, -0.05) is 36.4 Å². The van der Waals surface area contributed by atoms with Crippen LogP contribution in [0.4, 0.5) is 5.69 Å². The molecule has 2 rings (SSSR count). The molecule has 0 aliphatic carbocycles. The number of hydrogen-bond acceptors (Lipinski definition) is 3. The molecule has 0 aliphatic rings. The summed E-state index contributed by atoms with van der Waals surface area (Å²) in [5, 5.41) is 11.8. The van der Waals surface area contributed by atoms with Crippen molar-refractivity contribution >= 4 is 11.6 Å². The van der Waals surface area contributed by atoms with Crippen LogP contribution in [0.25, 0.3) is 0 Å². The van der Waals surface area contributed by atoms with E-state index < -0.39 is 0 Å². The summed E-state index contributed by atoms with van der Waals surface area (Å²) in [5.41, 5.74) is 1.71. The Morgan fingerprint density at radius 3 is 2.60 bits per heavy atom. The molecule has 0 unspecified atom stereocenters. The third-order valence-electron chi connectivity index (χ3n) is 2.84. The van der Waals surface area contributed by atoms with Crippen molar-refractivity contribution in [3.63, 3.8) is 0 Å². The summed E-state index contributed by atoms with van der Waals surface area (Å²) < 4.78 is 5.17. The first-order valence-electron chi connectivity index (χ1n) is 6.15. The molecule has 0 spiro atoms. The number of benzene rings is 2. The lowest BCUT2D eigenvalue weighted by atomic mass is 10.1. The Bertz CT molecular complexity index is 645. The van der Waals surface area contributed by atoms with Crippen LogP contribution in [-0.2, 0) is 11.2 Å². The minimum atomic E-state index is -0.183. The van der Waals surface area contributed by atoms with Gasteiger partial charge in [0.1, 0.15) is 17.5 Å². The molecule has 0 bridgehead atoms. The zero-order valence-corrected chi connectivity index (χ0v) is 11.1. The second kappa shape index (κ2) is 6.39. The summed E-state index contributed by atoms with van der Waals surface area (Å²) in [4.78, 5) is 12.0. The Morgan fingerprint density at radius 1 is 1.20 bits per heavy atom. The maximum absolute atomic E-state index is 12.0. The third kappa shape index (κ3) is 3.15. The number of carbonyl (C=O) groups is 1. The first-order valence-corrected chi connectivity index (χ1v) is 6.15. The number of nitrogens with zero attached hydrogens (tertiary/aromatic N) is 1. The molecule has 0 heterocycles.